The van der Waals surface area contributed by atoms with Gasteiger partial charge in [0.1, 0.15) is 16.0 Å². The molecule has 0 aliphatic carbocycles. The summed E-state index contributed by atoms with van der Waals surface area (Å²) in [6.45, 7) is 9.48. The van der Waals surface area contributed by atoms with Gasteiger partial charge >= 0.3 is 0 Å². The van der Waals surface area contributed by atoms with Crippen molar-refractivity contribution in [2.75, 3.05) is 11.4 Å². The molecule has 35 heavy (non-hydrogen) atoms. The van der Waals surface area contributed by atoms with E-state index in [-0.39, 0.29) is 34.3 Å². The number of hydrogen-bond donors (Lipinski definition) is 2. The number of carbonyl (C=O) groups is 4. The number of halogens is 1. The second-order valence-electron chi connectivity index (χ2n) is 10.5. The molecule has 12 heteroatoms. The number of amides is 3. The summed E-state index contributed by atoms with van der Waals surface area (Å²) in [4.78, 5) is 58.1. The molecule has 2 saturated heterocycles. The molecule has 5 rings (SSSR count). The van der Waals surface area contributed by atoms with Crippen molar-refractivity contribution in [2.45, 2.75) is 71.2 Å². The van der Waals surface area contributed by atoms with Crippen molar-refractivity contribution in [2.24, 2.45) is 5.41 Å². The number of ketones is 1. The number of nitrogens with zero attached hydrogens (tertiary/aromatic N) is 3. The maximum absolute atomic E-state index is 13.4. The Labute approximate surface area is 205 Å². The maximum atomic E-state index is 13.4. The minimum Gasteiger partial charge on any atom is -0.372 e. The highest BCUT2D eigenvalue weighted by Gasteiger charge is 2.63. The van der Waals surface area contributed by atoms with E-state index in [1.54, 1.807) is 6.92 Å². The van der Waals surface area contributed by atoms with Gasteiger partial charge in [-0.1, -0.05) is 16.8 Å². The Hall–Kier alpha value is -3.05. The van der Waals surface area contributed by atoms with Gasteiger partial charge in [0, 0.05) is 18.5 Å². The van der Waals surface area contributed by atoms with Crippen molar-refractivity contribution >= 4 is 51.9 Å². The molecule has 3 aliphatic heterocycles. The van der Waals surface area contributed by atoms with Crippen LogP contribution in [0.5, 0.6) is 0 Å². The van der Waals surface area contributed by atoms with Crippen molar-refractivity contribution in [1.29, 1.82) is 0 Å². The van der Waals surface area contributed by atoms with Crippen molar-refractivity contribution in [3.63, 3.8) is 0 Å². The summed E-state index contributed by atoms with van der Waals surface area (Å²) < 4.78 is 11.5. The van der Waals surface area contributed by atoms with E-state index < -0.39 is 53.0 Å². The zero-order chi connectivity index (χ0) is 25.4. The van der Waals surface area contributed by atoms with Crippen LogP contribution < -0.4 is 15.5 Å². The summed E-state index contributed by atoms with van der Waals surface area (Å²) in [5.74, 6) is -2.31. The van der Waals surface area contributed by atoms with Crippen molar-refractivity contribution in [3.05, 3.63) is 16.4 Å². The molecule has 2 fully saturated rings. The average molecular weight is 504 g/mol. The molecule has 4 atom stereocenters. The summed E-state index contributed by atoms with van der Waals surface area (Å²) >= 11 is 6.82. The molecule has 3 amide bonds. The first-order chi connectivity index (χ1) is 16.3. The first-order valence-electron chi connectivity index (χ1n) is 11.4. The first-order valence-corrected chi connectivity index (χ1v) is 11.8. The molecule has 2 aromatic heterocycles. The van der Waals surface area contributed by atoms with Crippen LogP contribution in [0.1, 0.15) is 57.2 Å². The fraction of sp³-hybridized carbons (Fsp3) is 0.565. The van der Waals surface area contributed by atoms with Crippen LogP contribution in [0.3, 0.4) is 0 Å². The number of pyridine rings is 1. The Morgan fingerprint density at radius 3 is 2.63 bits per heavy atom. The molecule has 5 heterocycles. The summed E-state index contributed by atoms with van der Waals surface area (Å²) in [6.07, 6.45) is -1.28. The molecule has 0 saturated carbocycles. The van der Waals surface area contributed by atoms with Gasteiger partial charge in [0.05, 0.1) is 36.1 Å². The van der Waals surface area contributed by atoms with Gasteiger partial charge < -0.3 is 19.5 Å². The Bertz CT molecular complexity index is 1280. The molecule has 11 nitrogen and oxygen atoms in total. The van der Waals surface area contributed by atoms with Gasteiger partial charge in [-0.3, -0.25) is 24.5 Å². The molecule has 2 aromatic rings. The fourth-order valence-corrected chi connectivity index (χ4v) is 5.84. The molecule has 1 spiro atoms. The number of hydrogen-bond acceptors (Lipinski definition) is 9. The number of piperidine rings is 1. The molecular formula is C23H26ClN5O6. The van der Waals surface area contributed by atoms with E-state index in [1.165, 1.54) is 0 Å². The number of rotatable bonds is 1. The summed E-state index contributed by atoms with van der Waals surface area (Å²) in [7, 11) is 0. The Morgan fingerprint density at radius 2 is 1.97 bits per heavy atom. The number of anilines is 1. The lowest BCUT2D eigenvalue weighted by atomic mass is 9.64. The molecule has 0 bridgehead atoms. The number of aromatic nitrogens is 2. The third-order valence-corrected chi connectivity index (χ3v) is 7.05. The lowest BCUT2D eigenvalue weighted by Gasteiger charge is -2.55. The van der Waals surface area contributed by atoms with Crippen LogP contribution in [0, 0.1) is 5.41 Å². The van der Waals surface area contributed by atoms with Crippen LogP contribution in [0.2, 0.25) is 5.02 Å². The van der Waals surface area contributed by atoms with E-state index in [2.05, 4.69) is 20.8 Å². The quantitative estimate of drug-likeness (QED) is 0.437. The van der Waals surface area contributed by atoms with Crippen LogP contribution in [-0.4, -0.2) is 64.0 Å². The number of Topliss-reactive ketones (excluding diaryl/α,β-unsaturated/α-hetero) is 1. The highest BCUT2D eigenvalue weighted by atomic mass is 35.5. The molecule has 0 radical (unpaired) electrons. The average Bonchev–Trinajstić information content (AvgIpc) is 3.14. The summed E-state index contributed by atoms with van der Waals surface area (Å²) in [6, 6.07) is -0.713. The molecule has 0 aromatic carbocycles. The number of imide groups is 1. The molecule has 186 valence electrons. The van der Waals surface area contributed by atoms with Gasteiger partial charge in [0.15, 0.2) is 11.5 Å². The van der Waals surface area contributed by atoms with E-state index >= 15 is 0 Å². The van der Waals surface area contributed by atoms with Gasteiger partial charge in [0.25, 0.3) is 5.91 Å². The predicted molar refractivity (Wildman–Crippen MR) is 124 cm³/mol. The van der Waals surface area contributed by atoms with E-state index in [4.69, 9.17) is 20.9 Å². The van der Waals surface area contributed by atoms with Gasteiger partial charge in [-0.15, -0.1) is 0 Å². The van der Waals surface area contributed by atoms with Crippen molar-refractivity contribution in [1.82, 2.24) is 20.8 Å². The van der Waals surface area contributed by atoms with Gasteiger partial charge in [-0.05, 0) is 34.6 Å². The smallest absolute Gasteiger partial charge is 0.276 e. The molecular weight excluding hydrogens is 478 g/mol. The number of fused-ring (bicyclic) bond motifs is 5. The van der Waals surface area contributed by atoms with E-state index in [9.17, 15) is 19.2 Å². The third-order valence-electron chi connectivity index (χ3n) is 6.69. The number of nitrogens with one attached hydrogen (secondary N) is 2. The fourth-order valence-electron chi connectivity index (χ4n) is 5.50. The van der Waals surface area contributed by atoms with Crippen molar-refractivity contribution < 1.29 is 28.4 Å². The SMILES string of the molecule is C[C@@H]1CN2c3c(nc4c(C(=O)NC(C)(C)C)noc4c3Cl)CC3(C(=O)CC(=O)NC3=O)[C@H]2[C@H](C)O1. The minimum absolute atomic E-state index is 0.0471. The lowest BCUT2D eigenvalue weighted by Crippen LogP contribution is -2.72. The van der Waals surface area contributed by atoms with Crippen LogP contribution in [0.15, 0.2) is 4.52 Å². The summed E-state index contributed by atoms with van der Waals surface area (Å²) in [5.41, 5.74) is -1.04. The second-order valence-corrected chi connectivity index (χ2v) is 10.9. The highest BCUT2D eigenvalue weighted by Crippen LogP contribution is 2.50. The molecule has 3 aliphatic rings. The van der Waals surface area contributed by atoms with E-state index in [0.29, 0.717) is 17.9 Å². The van der Waals surface area contributed by atoms with Crippen LogP contribution >= 0.6 is 11.6 Å². The Balaban J connectivity index is 1.72. The monoisotopic (exact) mass is 503 g/mol. The normalized spacial score (nSPS) is 28.7. The lowest BCUT2D eigenvalue weighted by molar-refractivity contribution is -0.158. The summed E-state index contributed by atoms with van der Waals surface area (Å²) in [5, 5.41) is 9.26. The highest BCUT2D eigenvalue weighted by molar-refractivity contribution is 6.38. The Kier molecular flexibility index (Phi) is 5.23. The predicted octanol–water partition coefficient (Wildman–Crippen LogP) is 1.54. The van der Waals surface area contributed by atoms with Gasteiger partial charge in [-0.25, -0.2) is 4.98 Å². The zero-order valence-electron chi connectivity index (χ0n) is 20.0. The first kappa shape index (κ1) is 23.7. The minimum atomic E-state index is -1.60. The largest absolute Gasteiger partial charge is 0.372 e. The van der Waals surface area contributed by atoms with Gasteiger partial charge in [-0.2, -0.15) is 0 Å². The van der Waals surface area contributed by atoms with Crippen LogP contribution in [-0.2, 0) is 25.5 Å². The topological polar surface area (TPSA) is 144 Å². The van der Waals surface area contributed by atoms with Crippen molar-refractivity contribution in [3.8, 4) is 0 Å². The van der Waals surface area contributed by atoms with Crippen LogP contribution in [0.25, 0.3) is 11.1 Å². The molecule has 1 unspecified atom stereocenters. The van der Waals surface area contributed by atoms with Crippen LogP contribution in [0.4, 0.5) is 5.69 Å². The number of morpholine rings is 1. The Morgan fingerprint density at radius 1 is 1.26 bits per heavy atom. The number of carbonyl (C=O) groups excluding carboxylic acids is 4. The zero-order valence-corrected chi connectivity index (χ0v) is 20.8. The second kappa shape index (κ2) is 7.72. The number of ether oxygens (including phenoxy) is 1. The molecule has 2 N–H and O–H groups in total. The van der Waals surface area contributed by atoms with E-state index in [1.807, 2.05) is 32.6 Å². The third kappa shape index (κ3) is 3.51. The standard InChI is InChI=1S/C23H26ClN5O6/c1-9-8-29-17-11(7-23(19(29)10(2)34-9)12(30)6-13(31)26-21(23)33)25-15-16(20(32)27-22(3,4)5)28-35-18(15)14(17)24/h9-10,19H,6-8H2,1-5H3,(H,27,32)(H,26,31,33)/t9-,10+,19-,23?/m1/s1. The maximum Gasteiger partial charge on any atom is 0.276 e. The van der Waals surface area contributed by atoms with Gasteiger partial charge in [0.2, 0.25) is 17.4 Å². The van der Waals surface area contributed by atoms with E-state index in [0.717, 1.165) is 0 Å².